The number of rotatable bonds is 3. The Kier molecular flexibility index (Phi) is 3.96. The van der Waals surface area contributed by atoms with E-state index in [0.29, 0.717) is 0 Å². The van der Waals surface area contributed by atoms with E-state index in [9.17, 15) is 30.4 Å². The van der Waals surface area contributed by atoms with Crippen molar-refractivity contribution in [1.82, 2.24) is 0 Å². The molecule has 10 heteroatoms. The smallest absolute Gasteiger partial charge is 0.267 e. The van der Waals surface area contributed by atoms with E-state index in [1.165, 1.54) is 12.1 Å². The largest absolute Gasteiger partial charge is 0.399 e. The van der Waals surface area contributed by atoms with Crippen molar-refractivity contribution in [3.05, 3.63) is 53.4 Å². The second kappa shape index (κ2) is 5.44. The topological polar surface area (TPSA) is 72.2 Å². The molecule has 0 aliphatic heterocycles. The van der Waals surface area contributed by atoms with Gasteiger partial charge >= 0.3 is 0 Å². The van der Waals surface area contributed by atoms with Crippen LogP contribution in [0.3, 0.4) is 0 Å². The summed E-state index contributed by atoms with van der Waals surface area (Å²) < 4.78 is 91.4. The van der Waals surface area contributed by atoms with Gasteiger partial charge in [-0.15, -0.1) is 0 Å². The second-order valence-corrected chi connectivity index (χ2v) is 5.75. The highest BCUT2D eigenvalue weighted by Gasteiger charge is 2.33. The Balaban J connectivity index is 2.57. The first-order chi connectivity index (χ1) is 10.1. The normalized spacial score (nSPS) is 11.5. The molecule has 0 heterocycles. The molecule has 2 rings (SSSR count). The minimum absolute atomic E-state index is 0.168. The van der Waals surface area contributed by atoms with Crippen LogP contribution in [0.25, 0.3) is 0 Å². The third-order valence-corrected chi connectivity index (χ3v) is 4.00. The van der Waals surface area contributed by atoms with Gasteiger partial charge < -0.3 is 5.73 Å². The Morgan fingerprint density at radius 3 is 1.64 bits per heavy atom. The predicted molar refractivity (Wildman–Crippen MR) is 67.9 cm³/mol. The third-order valence-electron chi connectivity index (χ3n) is 2.60. The first-order valence-electron chi connectivity index (χ1n) is 5.55. The lowest BCUT2D eigenvalue weighted by atomic mass is 10.3. The predicted octanol–water partition coefficient (Wildman–Crippen LogP) is 2.77. The highest BCUT2D eigenvalue weighted by atomic mass is 32.2. The summed E-state index contributed by atoms with van der Waals surface area (Å²) in [4.78, 5) is -1.96. The molecule has 118 valence electrons. The molecule has 0 amide bonds. The zero-order chi connectivity index (χ0) is 16.7. The SMILES string of the molecule is Nc1ccc(NS(=O)(=O)c2c(F)c(F)c(F)c(F)c2F)cc1. The van der Waals surface area contributed by atoms with Gasteiger partial charge in [-0.2, -0.15) is 0 Å². The third kappa shape index (κ3) is 2.69. The summed E-state index contributed by atoms with van der Waals surface area (Å²) >= 11 is 0. The summed E-state index contributed by atoms with van der Waals surface area (Å²) in [7, 11) is -5.04. The van der Waals surface area contributed by atoms with Crippen molar-refractivity contribution in [3.8, 4) is 0 Å². The average molecular weight is 338 g/mol. The maximum Gasteiger partial charge on any atom is 0.267 e. The molecular weight excluding hydrogens is 331 g/mol. The molecule has 0 saturated heterocycles. The Morgan fingerprint density at radius 2 is 1.18 bits per heavy atom. The molecule has 0 spiro atoms. The lowest BCUT2D eigenvalue weighted by molar-refractivity contribution is 0.358. The summed E-state index contributed by atoms with van der Waals surface area (Å²) in [6.45, 7) is 0. The summed E-state index contributed by atoms with van der Waals surface area (Å²) in [6.07, 6.45) is 0. The van der Waals surface area contributed by atoms with Crippen LogP contribution in [-0.2, 0) is 10.0 Å². The molecule has 0 saturated carbocycles. The minimum Gasteiger partial charge on any atom is -0.399 e. The lowest BCUT2D eigenvalue weighted by Crippen LogP contribution is -2.19. The van der Waals surface area contributed by atoms with Crippen LogP contribution in [0.4, 0.5) is 33.3 Å². The zero-order valence-corrected chi connectivity index (χ0v) is 11.3. The molecule has 4 nitrogen and oxygen atoms in total. The van der Waals surface area contributed by atoms with Gasteiger partial charge in [-0.05, 0) is 24.3 Å². The van der Waals surface area contributed by atoms with E-state index in [2.05, 4.69) is 0 Å². The molecule has 0 radical (unpaired) electrons. The Hall–Kier alpha value is -2.36. The Bertz CT molecular complexity index is 809. The van der Waals surface area contributed by atoms with Crippen LogP contribution in [-0.4, -0.2) is 8.42 Å². The van der Waals surface area contributed by atoms with Gasteiger partial charge in [0.15, 0.2) is 28.2 Å². The van der Waals surface area contributed by atoms with Crippen molar-refractivity contribution in [1.29, 1.82) is 0 Å². The molecule has 3 N–H and O–H groups in total. The van der Waals surface area contributed by atoms with E-state index in [-0.39, 0.29) is 11.4 Å². The van der Waals surface area contributed by atoms with E-state index in [0.717, 1.165) is 12.1 Å². The Morgan fingerprint density at radius 1 is 0.773 bits per heavy atom. The molecule has 0 bridgehead atoms. The first kappa shape index (κ1) is 16.0. The number of nitrogen functional groups attached to an aromatic ring is 1. The van der Waals surface area contributed by atoms with E-state index >= 15 is 0 Å². The first-order valence-corrected chi connectivity index (χ1v) is 7.03. The zero-order valence-electron chi connectivity index (χ0n) is 10.5. The molecule has 2 aromatic rings. The molecule has 0 fully saturated rings. The Labute approximate surface area is 121 Å². The highest BCUT2D eigenvalue weighted by Crippen LogP contribution is 2.28. The van der Waals surface area contributed by atoms with Gasteiger partial charge in [0.1, 0.15) is 0 Å². The van der Waals surface area contributed by atoms with Crippen LogP contribution < -0.4 is 10.5 Å². The van der Waals surface area contributed by atoms with E-state index in [1.54, 1.807) is 4.72 Å². The fourth-order valence-corrected chi connectivity index (χ4v) is 2.78. The number of sulfonamides is 1. The fraction of sp³-hybridized carbons (Fsp3) is 0. The van der Waals surface area contributed by atoms with Gasteiger partial charge in [-0.1, -0.05) is 0 Å². The number of anilines is 2. The van der Waals surface area contributed by atoms with Crippen molar-refractivity contribution < 1.29 is 30.4 Å². The molecule has 0 aliphatic carbocycles. The standard InChI is InChI=1S/C12H7F5N2O2S/c13-7-8(14)10(16)12(11(17)9(7)15)22(20,21)19-6-3-1-5(18)2-4-6/h1-4,19H,18H2. The van der Waals surface area contributed by atoms with E-state index in [1.807, 2.05) is 0 Å². The summed E-state index contributed by atoms with van der Waals surface area (Å²) in [6, 6.07) is 4.85. The van der Waals surface area contributed by atoms with Gasteiger partial charge in [0.25, 0.3) is 10.0 Å². The number of benzene rings is 2. The summed E-state index contributed by atoms with van der Waals surface area (Å²) in [5, 5.41) is 0. The molecule has 2 aromatic carbocycles. The van der Waals surface area contributed by atoms with Crippen molar-refractivity contribution in [3.63, 3.8) is 0 Å². The summed E-state index contributed by atoms with van der Waals surface area (Å²) in [5.41, 5.74) is 5.48. The second-order valence-electron chi connectivity index (χ2n) is 4.13. The number of halogens is 5. The fourth-order valence-electron chi connectivity index (χ4n) is 1.58. The average Bonchev–Trinajstić information content (AvgIpc) is 2.45. The molecule has 22 heavy (non-hydrogen) atoms. The van der Waals surface area contributed by atoms with Crippen LogP contribution >= 0.6 is 0 Å². The quantitative estimate of drug-likeness (QED) is 0.391. The lowest BCUT2D eigenvalue weighted by Gasteiger charge is -2.11. The minimum atomic E-state index is -5.04. The molecule has 0 atom stereocenters. The maximum atomic E-state index is 13.5. The summed E-state index contributed by atoms with van der Waals surface area (Å²) in [5.74, 6) is -12.0. The van der Waals surface area contributed by atoms with Gasteiger partial charge in [0.05, 0.1) is 0 Å². The van der Waals surface area contributed by atoms with Crippen molar-refractivity contribution >= 4 is 21.4 Å². The van der Waals surface area contributed by atoms with Gasteiger partial charge in [0.2, 0.25) is 5.82 Å². The molecular formula is C12H7F5N2O2S. The van der Waals surface area contributed by atoms with Crippen LogP contribution in [0.1, 0.15) is 0 Å². The van der Waals surface area contributed by atoms with Crippen molar-refractivity contribution in [2.24, 2.45) is 0 Å². The van der Waals surface area contributed by atoms with Gasteiger partial charge in [0, 0.05) is 11.4 Å². The molecule has 0 unspecified atom stereocenters. The number of nitrogens with two attached hydrogens (primary N) is 1. The van der Waals surface area contributed by atoms with Crippen LogP contribution in [0, 0.1) is 29.1 Å². The maximum absolute atomic E-state index is 13.5. The van der Waals surface area contributed by atoms with E-state index < -0.39 is 44.0 Å². The van der Waals surface area contributed by atoms with E-state index in [4.69, 9.17) is 5.73 Å². The monoisotopic (exact) mass is 338 g/mol. The molecule has 0 aliphatic rings. The van der Waals surface area contributed by atoms with Crippen LogP contribution in [0.5, 0.6) is 0 Å². The van der Waals surface area contributed by atoms with Crippen molar-refractivity contribution in [2.45, 2.75) is 4.90 Å². The van der Waals surface area contributed by atoms with Gasteiger partial charge in [-0.3, -0.25) is 4.72 Å². The number of nitrogens with one attached hydrogen (secondary N) is 1. The number of hydrogen-bond donors (Lipinski definition) is 2. The van der Waals surface area contributed by atoms with Crippen LogP contribution in [0.15, 0.2) is 29.2 Å². The van der Waals surface area contributed by atoms with Gasteiger partial charge in [-0.25, -0.2) is 30.4 Å². The van der Waals surface area contributed by atoms with Crippen LogP contribution in [0.2, 0.25) is 0 Å². The van der Waals surface area contributed by atoms with Crippen molar-refractivity contribution in [2.75, 3.05) is 10.5 Å². The molecule has 0 aromatic heterocycles. The number of hydrogen-bond acceptors (Lipinski definition) is 3. The highest BCUT2D eigenvalue weighted by molar-refractivity contribution is 7.92.